The van der Waals surface area contributed by atoms with Crippen LogP contribution >= 0.6 is 0 Å². The van der Waals surface area contributed by atoms with Crippen molar-refractivity contribution < 1.29 is 4.79 Å². The number of benzene rings is 1. The van der Waals surface area contributed by atoms with E-state index in [9.17, 15) is 4.79 Å². The molecule has 1 aromatic carbocycles. The van der Waals surface area contributed by atoms with E-state index in [2.05, 4.69) is 41.5 Å². The second kappa shape index (κ2) is 6.54. The summed E-state index contributed by atoms with van der Waals surface area (Å²) in [6, 6.07) is 9.88. The molecule has 0 saturated heterocycles. The number of aromatic amines is 1. The first-order chi connectivity index (χ1) is 11.0. The van der Waals surface area contributed by atoms with E-state index >= 15 is 0 Å². The molecule has 0 bridgehead atoms. The number of hydrogen-bond acceptors (Lipinski definition) is 3. The Bertz CT molecular complexity index is 671. The Morgan fingerprint density at radius 1 is 1.30 bits per heavy atom. The third-order valence-corrected chi connectivity index (χ3v) is 4.36. The van der Waals surface area contributed by atoms with Crippen molar-refractivity contribution in [1.82, 2.24) is 15.5 Å². The number of aromatic nitrogens is 2. The van der Waals surface area contributed by atoms with Gasteiger partial charge in [-0.1, -0.05) is 38.1 Å². The highest BCUT2D eigenvalue weighted by molar-refractivity contribution is 5.92. The predicted octanol–water partition coefficient (Wildman–Crippen LogP) is 2.84. The van der Waals surface area contributed by atoms with Crippen molar-refractivity contribution in [2.45, 2.75) is 44.6 Å². The van der Waals surface area contributed by atoms with E-state index in [0.29, 0.717) is 24.1 Å². The molecule has 1 aliphatic rings. The summed E-state index contributed by atoms with van der Waals surface area (Å²) in [6.07, 6.45) is 2.36. The van der Waals surface area contributed by atoms with Gasteiger partial charge in [-0.05, 0) is 36.0 Å². The molecule has 0 aliphatic heterocycles. The van der Waals surface area contributed by atoms with Crippen molar-refractivity contribution in [3.63, 3.8) is 0 Å². The molecule has 1 aromatic heterocycles. The lowest BCUT2D eigenvalue weighted by molar-refractivity contribution is 0.0946. The molecular formula is C18H24N4O. The first kappa shape index (κ1) is 15.7. The van der Waals surface area contributed by atoms with E-state index < -0.39 is 0 Å². The number of rotatable bonds is 6. The molecule has 23 heavy (non-hydrogen) atoms. The number of carbonyl (C=O) groups excluding carboxylic acids is 1. The lowest BCUT2D eigenvalue weighted by atomic mass is 9.99. The summed E-state index contributed by atoms with van der Waals surface area (Å²) in [6.45, 7) is 4.72. The Labute approximate surface area is 136 Å². The molecule has 1 unspecified atom stereocenters. The molecule has 0 spiro atoms. The molecule has 3 rings (SSSR count). The predicted molar refractivity (Wildman–Crippen MR) is 90.4 cm³/mol. The van der Waals surface area contributed by atoms with Gasteiger partial charge in [0, 0.05) is 24.2 Å². The maximum Gasteiger partial charge on any atom is 0.271 e. The molecule has 1 aliphatic carbocycles. The lowest BCUT2D eigenvalue weighted by Gasteiger charge is -2.14. The van der Waals surface area contributed by atoms with Crippen LogP contribution in [0.2, 0.25) is 0 Å². The van der Waals surface area contributed by atoms with E-state index in [1.165, 1.54) is 18.4 Å². The van der Waals surface area contributed by atoms with Gasteiger partial charge in [0.15, 0.2) is 0 Å². The average molecular weight is 312 g/mol. The number of amides is 1. The third-order valence-electron chi connectivity index (χ3n) is 4.36. The first-order valence-electron chi connectivity index (χ1n) is 8.23. The summed E-state index contributed by atoms with van der Waals surface area (Å²) in [5, 5.41) is 9.88. The van der Waals surface area contributed by atoms with Gasteiger partial charge in [-0.2, -0.15) is 5.10 Å². The number of carbonyl (C=O) groups is 1. The second-order valence-electron chi connectivity index (χ2n) is 6.62. The zero-order valence-corrected chi connectivity index (χ0v) is 13.7. The van der Waals surface area contributed by atoms with E-state index in [1.54, 1.807) is 0 Å². The summed E-state index contributed by atoms with van der Waals surface area (Å²) in [5.74, 6) is 0.883. The Kier molecular flexibility index (Phi) is 4.48. The van der Waals surface area contributed by atoms with Crippen LogP contribution in [0.3, 0.4) is 0 Å². The SMILES string of the molecule is CC(C)c1ccc(C(N)CNC(=O)c2cc(C3CC3)[nH]n2)cc1. The number of nitrogens with two attached hydrogens (primary N) is 1. The summed E-state index contributed by atoms with van der Waals surface area (Å²) in [4.78, 5) is 12.1. The third kappa shape index (κ3) is 3.79. The van der Waals surface area contributed by atoms with Gasteiger partial charge in [0.1, 0.15) is 5.69 Å². The van der Waals surface area contributed by atoms with Crippen LogP contribution < -0.4 is 11.1 Å². The molecule has 1 amide bonds. The van der Waals surface area contributed by atoms with Gasteiger partial charge in [-0.15, -0.1) is 0 Å². The van der Waals surface area contributed by atoms with Crippen LogP contribution in [0.4, 0.5) is 0 Å². The number of H-pyrrole nitrogens is 1. The van der Waals surface area contributed by atoms with Crippen molar-refractivity contribution in [3.05, 3.63) is 52.8 Å². The lowest BCUT2D eigenvalue weighted by Crippen LogP contribution is -2.32. The minimum Gasteiger partial charge on any atom is -0.349 e. The Balaban J connectivity index is 1.54. The zero-order valence-electron chi connectivity index (χ0n) is 13.7. The van der Waals surface area contributed by atoms with Gasteiger partial charge in [0.05, 0.1) is 0 Å². The minimum atomic E-state index is -0.220. The van der Waals surface area contributed by atoms with Crippen molar-refractivity contribution in [2.24, 2.45) is 5.73 Å². The minimum absolute atomic E-state index is 0.178. The summed E-state index contributed by atoms with van der Waals surface area (Å²) in [7, 11) is 0. The number of nitrogens with zero attached hydrogens (tertiary/aromatic N) is 1. The molecule has 2 aromatic rings. The number of nitrogens with one attached hydrogen (secondary N) is 2. The van der Waals surface area contributed by atoms with Crippen LogP contribution in [0.5, 0.6) is 0 Å². The van der Waals surface area contributed by atoms with Gasteiger partial charge < -0.3 is 11.1 Å². The van der Waals surface area contributed by atoms with Crippen molar-refractivity contribution in [1.29, 1.82) is 0 Å². The Hall–Kier alpha value is -2.14. The highest BCUT2D eigenvalue weighted by Crippen LogP contribution is 2.38. The fourth-order valence-corrected chi connectivity index (χ4v) is 2.60. The topological polar surface area (TPSA) is 83.8 Å². The van der Waals surface area contributed by atoms with Crippen molar-refractivity contribution in [3.8, 4) is 0 Å². The van der Waals surface area contributed by atoms with Crippen molar-refractivity contribution in [2.75, 3.05) is 6.54 Å². The van der Waals surface area contributed by atoms with Gasteiger partial charge in [0.2, 0.25) is 0 Å². The second-order valence-corrected chi connectivity index (χ2v) is 6.62. The fraction of sp³-hybridized carbons (Fsp3) is 0.444. The summed E-state index contributed by atoms with van der Waals surface area (Å²) < 4.78 is 0. The molecule has 1 heterocycles. The molecule has 5 heteroatoms. The normalized spacial score (nSPS) is 15.7. The first-order valence-corrected chi connectivity index (χ1v) is 8.23. The smallest absolute Gasteiger partial charge is 0.271 e. The van der Waals surface area contributed by atoms with Gasteiger partial charge in [0.25, 0.3) is 5.91 Å². The Morgan fingerprint density at radius 2 is 1.96 bits per heavy atom. The molecule has 4 N–H and O–H groups in total. The monoisotopic (exact) mass is 312 g/mol. The maximum atomic E-state index is 12.1. The maximum absolute atomic E-state index is 12.1. The van der Waals surface area contributed by atoms with E-state index in [1.807, 2.05) is 18.2 Å². The number of hydrogen-bond donors (Lipinski definition) is 3. The van der Waals surface area contributed by atoms with Gasteiger partial charge in [-0.25, -0.2) is 0 Å². The van der Waals surface area contributed by atoms with E-state index in [-0.39, 0.29) is 11.9 Å². The zero-order chi connectivity index (χ0) is 16.4. The van der Waals surface area contributed by atoms with Crippen LogP contribution in [0, 0.1) is 0 Å². The van der Waals surface area contributed by atoms with Gasteiger partial charge >= 0.3 is 0 Å². The molecule has 5 nitrogen and oxygen atoms in total. The summed E-state index contributed by atoms with van der Waals surface area (Å²) >= 11 is 0. The molecule has 1 atom stereocenters. The fourth-order valence-electron chi connectivity index (χ4n) is 2.60. The average Bonchev–Trinajstić information content (AvgIpc) is 3.29. The molecule has 1 fully saturated rings. The van der Waals surface area contributed by atoms with E-state index in [0.717, 1.165) is 11.3 Å². The van der Waals surface area contributed by atoms with Crippen molar-refractivity contribution >= 4 is 5.91 Å². The van der Waals surface area contributed by atoms with Crippen LogP contribution in [-0.2, 0) is 0 Å². The van der Waals surface area contributed by atoms with Crippen LogP contribution in [0.25, 0.3) is 0 Å². The van der Waals surface area contributed by atoms with Crippen LogP contribution in [0.1, 0.15) is 71.9 Å². The molecular weight excluding hydrogens is 288 g/mol. The molecule has 0 radical (unpaired) electrons. The summed E-state index contributed by atoms with van der Waals surface area (Å²) in [5.41, 5.74) is 9.98. The van der Waals surface area contributed by atoms with Crippen LogP contribution in [0.15, 0.2) is 30.3 Å². The molecule has 122 valence electrons. The van der Waals surface area contributed by atoms with Gasteiger partial charge in [-0.3, -0.25) is 9.89 Å². The van der Waals surface area contributed by atoms with E-state index in [4.69, 9.17) is 5.73 Å². The molecule has 1 saturated carbocycles. The largest absolute Gasteiger partial charge is 0.349 e. The van der Waals surface area contributed by atoms with Crippen LogP contribution in [-0.4, -0.2) is 22.6 Å². The Morgan fingerprint density at radius 3 is 2.57 bits per heavy atom. The highest BCUT2D eigenvalue weighted by atomic mass is 16.1. The quantitative estimate of drug-likeness (QED) is 0.767. The standard InChI is InChI=1S/C18H24N4O/c1-11(2)12-3-5-13(6-4-12)15(19)10-20-18(23)17-9-16(21-22-17)14-7-8-14/h3-6,9,11,14-15H,7-8,10,19H2,1-2H3,(H,20,23)(H,21,22). The highest BCUT2D eigenvalue weighted by Gasteiger charge is 2.26.